The third-order valence-corrected chi connectivity index (χ3v) is 4.63. The van der Waals surface area contributed by atoms with Gasteiger partial charge in [0, 0.05) is 22.2 Å². The number of rotatable bonds is 6. The molecule has 1 aromatic heterocycles. The van der Waals surface area contributed by atoms with Crippen LogP contribution >= 0.6 is 11.8 Å². The molecule has 0 saturated carbocycles. The maximum atomic E-state index is 12.8. The number of aryl methyl sites for hydroxylation is 1. The quantitative estimate of drug-likeness (QED) is 0.470. The molecular formula is C22H20N2O3S. The summed E-state index contributed by atoms with van der Waals surface area (Å²) in [5, 5.41) is 5.51. The van der Waals surface area contributed by atoms with Crippen molar-refractivity contribution >= 4 is 35.3 Å². The Balaban J connectivity index is 1.85. The number of carbonyl (C=O) groups is 2. The van der Waals surface area contributed by atoms with Gasteiger partial charge in [-0.1, -0.05) is 24.3 Å². The van der Waals surface area contributed by atoms with Gasteiger partial charge in [0.2, 0.25) is 0 Å². The average Bonchev–Trinajstić information content (AvgIpc) is 3.13. The van der Waals surface area contributed by atoms with Crippen molar-refractivity contribution in [2.75, 3.05) is 11.6 Å². The number of nitrogens with one attached hydrogen (secondary N) is 2. The molecule has 0 aliphatic carbocycles. The van der Waals surface area contributed by atoms with E-state index in [1.807, 2.05) is 37.4 Å². The third kappa shape index (κ3) is 5.14. The van der Waals surface area contributed by atoms with E-state index in [-0.39, 0.29) is 11.6 Å². The topological polar surface area (TPSA) is 71.3 Å². The number of anilines is 1. The van der Waals surface area contributed by atoms with Gasteiger partial charge in [0.05, 0.1) is 0 Å². The van der Waals surface area contributed by atoms with E-state index in [0.29, 0.717) is 22.8 Å². The average molecular weight is 392 g/mol. The number of furan rings is 1. The molecule has 0 fully saturated rings. The van der Waals surface area contributed by atoms with E-state index in [4.69, 9.17) is 4.42 Å². The normalized spacial score (nSPS) is 11.1. The smallest absolute Gasteiger partial charge is 0.272 e. The molecule has 0 atom stereocenters. The van der Waals surface area contributed by atoms with Crippen LogP contribution in [0.4, 0.5) is 5.69 Å². The second-order valence-electron chi connectivity index (χ2n) is 6.01. The van der Waals surface area contributed by atoms with E-state index in [2.05, 4.69) is 10.6 Å². The Bertz CT molecular complexity index is 1010. The first-order valence-corrected chi connectivity index (χ1v) is 9.87. The maximum Gasteiger partial charge on any atom is 0.272 e. The van der Waals surface area contributed by atoms with Gasteiger partial charge >= 0.3 is 0 Å². The van der Waals surface area contributed by atoms with Gasteiger partial charge in [-0.3, -0.25) is 9.59 Å². The highest BCUT2D eigenvalue weighted by molar-refractivity contribution is 7.98. The third-order valence-electron chi connectivity index (χ3n) is 3.90. The van der Waals surface area contributed by atoms with E-state index in [1.54, 1.807) is 54.2 Å². The summed E-state index contributed by atoms with van der Waals surface area (Å²) in [5.41, 5.74) is 1.20. The lowest BCUT2D eigenvalue weighted by molar-refractivity contribution is -0.113. The van der Waals surface area contributed by atoms with Crippen molar-refractivity contribution in [2.45, 2.75) is 11.8 Å². The summed E-state index contributed by atoms with van der Waals surface area (Å²) in [5.74, 6) is 0.390. The van der Waals surface area contributed by atoms with Crippen LogP contribution in [0.1, 0.15) is 21.9 Å². The molecule has 28 heavy (non-hydrogen) atoms. The van der Waals surface area contributed by atoms with Crippen LogP contribution in [0.25, 0.3) is 6.08 Å². The van der Waals surface area contributed by atoms with Gasteiger partial charge in [-0.2, -0.15) is 0 Å². The largest absolute Gasteiger partial charge is 0.462 e. The molecule has 2 N–H and O–H groups in total. The predicted molar refractivity (Wildman–Crippen MR) is 112 cm³/mol. The van der Waals surface area contributed by atoms with Crippen LogP contribution in [0.2, 0.25) is 0 Å². The van der Waals surface area contributed by atoms with Gasteiger partial charge in [0.25, 0.3) is 11.8 Å². The molecule has 142 valence electrons. The second kappa shape index (κ2) is 9.10. The van der Waals surface area contributed by atoms with Crippen molar-refractivity contribution in [2.24, 2.45) is 0 Å². The summed E-state index contributed by atoms with van der Waals surface area (Å²) in [6.07, 6.45) is 3.48. The summed E-state index contributed by atoms with van der Waals surface area (Å²) in [6, 6.07) is 19.8. The van der Waals surface area contributed by atoms with Gasteiger partial charge in [-0.25, -0.2) is 0 Å². The number of thioether (sulfide) groups is 1. The Morgan fingerprint density at radius 2 is 1.79 bits per heavy atom. The van der Waals surface area contributed by atoms with Gasteiger partial charge in [0.15, 0.2) is 0 Å². The second-order valence-corrected chi connectivity index (χ2v) is 6.89. The Morgan fingerprint density at radius 3 is 2.46 bits per heavy atom. The lowest BCUT2D eigenvalue weighted by Gasteiger charge is -2.11. The Kier molecular flexibility index (Phi) is 6.34. The molecule has 0 aliphatic rings. The monoisotopic (exact) mass is 392 g/mol. The van der Waals surface area contributed by atoms with Crippen LogP contribution in [0.15, 0.2) is 81.7 Å². The van der Waals surface area contributed by atoms with E-state index >= 15 is 0 Å². The summed E-state index contributed by atoms with van der Waals surface area (Å²) in [4.78, 5) is 26.4. The lowest BCUT2D eigenvalue weighted by atomic mass is 10.2. The zero-order valence-corrected chi connectivity index (χ0v) is 16.4. The minimum Gasteiger partial charge on any atom is -0.462 e. The van der Waals surface area contributed by atoms with Crippen molar-refractivity contribution in [3.63, 3.8) is 0 Å². The fourth-order valence-corrected chi connectivity index (χ4v) is 2.97. The first-order valence-electron chi connectivity index (χ1n) is 8.65. The molecule has 3 aromatic rings. The maximum absolute atomic E-state index is 12.8. The summed E-state index contributed by atoms with van der Waals surface area (Å²) >= 11 is 1.58. The molecule has 3 rings (SSSR count). The number of carbonyl (C=O) groups excluding carboxylic acids is 2. The number of benzene rings is 2. The van der Waals surface area contributed by atoms with Crippen molar-refractivity contribution < 1.29 is 14.0 Å². The van der Waals surface area contributed by atoms with Gasteiger partial charge < -0.3 is 15.1 Å². The molecule has 2 aromatic carbocycles. The Hall–Kier alpha value is -3.25. The standard InChI is InChI=1S/C22H20N2O3S/c1-15-11-12-18(27-15)14-20(24-21(25)16-7-4-3-5-8-16)22(26)23-17-9-6-10-19(13-17)28-2/h3-14H,1-2H3,(H,23,26)(H,24,25). The van der Waals surface area contributed by atoms with Crippen molar-refractivity contribution in [1.82, 2.24) is 5.32 Å². The molecule has 5 nitrogen and oxygen atoms in total. The van der Waals surface area contributed by atoms with Crippen LogP contribution in [0.3, 0.4) is 0 Å². The molecule has 1 heterocycles. The molecular weight excluding hydrogens is 372 g/mol. The predicted octanol–water partition coefficient (Wildman–Crippen LogP) is 4.72. The number of amides is 2. The minimum atomic E-state index is -0.434. The molecule has 6 heteroatoms. The van der Waals surface area contributed by atoms with Gasteiger partial charge in [-0.05, 0) is 55.6 Å². The highest BCUT2D eigenvalue weighted by Crippen LogP contribution is 2.20. The summed E-state index contributed by atoms with van der Waals surface area (Å²) < 4.78 is 5.53. The zero-order chi connectivity index (χ0) is 19.9. The Labute approximate surface area is 167 Å². The van der Waals surface area contributed by atoms with Crippen molar-refractivity contribution in [3.05, 3.63) is 89.5 Å². The SMILES string of the molecule is CSc1cccc(NC(=O)C(=Cc2ccc(C)o2)NC(=O)c2ccccc2)c1. The molecule has 0 radical (unpaired) electrons. The molecule has 0 aliphatic heterocycles. The van der Waals surface area contributed by atoms with E-state index in [1.165, 1.54) is 6.08 Å². The first kappa shape index (κ1) is 19.5. The number of hydrogen-bond donors (Lipinski definition) is 2. The molecule has 2 amide bonds. The van der Waals surface area contributed by atoms with Gasteiger partial charge in [0.1, 0.15) is 17.2 Å². The van der Waals surface area contributed by atoms with E-state index in [0.717, 1.165) is 4.90 Å². The summed E-state index contributed by atoms with van der Waals surface area (Å²) in [7, 11) is 0. The Morgan fingerprint density at radius 1 is 1.00 bits per heavy atom. The molecule has 0 unspecified atom stereocenters. The fourth-order valence-electron chi connectivity index (χ4n) is 2.51. The van der Waals surface area contributed by atoms with Crippen LogP contribution in [-0.2, 0) is 4.79 Å². The van der Waals surface area contributed by atoms with E-state index in [9.17, 15) is 9.59 Å². The van der Waals surface area contributed by atoms with Crippen molar-refractivity contribution in [3.8, 4) is 0 Å². The first-order chi connectivity index (χ1) is 13.5. The van der Waals surface area contributed by atoms with Crippen molar-refractivity contribution in [1.29, 1.82) is 0 Å². The lowest BCUT2D eigenvalue weighted by Crippen LogP contribution is -2.30. The minimum absolute atomic E-state index is 0.0951. The highest BCUT2D eigenvalue weighted by atomic mass is 32.2. The highest BCUT2D eigenvalue weighted by Gasteiger charge is 2.16. The van der Waals surface area contributed by atoms with E-state index < -0.39 is 5.91 Å². The zero-order valence-electron chi connectivity index (χ0n) is 15.6. The molecule has 0 spiro atoms. The van der Waals surface area contributed by atoms with Crippen LogP contribution < -0.4 is 10.6 Å². The van der Waals surface area contributed by atoms with Gasteiger partial charge in [-0.15, -0.1) is 11.8 Å². The fraction of sp³-hybridized carbons (Fsp3) is 0.0909. The van der Waals surface area contributed by atoms with Crippen LogP contribution in [0.5, 0.6) is 0 Å². The van der Waals surface area contributed by atoms with Crippen LogP contribution in [0, 0.1) is 6.92 Å². The van der Waals surface area contributed by atoms with Crippen LogP contribution in [-0.4, -0.2) is 18.1 Å². The molecule has 0 saturated heterocycles. The number of hydrogen-bond acceptors (Lipinski definition) is 4. The molecule has 0 bridgehead atoms. The summed E-state index contributed by atoms with van der Waals surface area (Å²) in [6.45, 7) is 1.81.